The Kier molecular flexibility index (Phi) is 3.56. The molecule has 2 aromatic rings. The molecule has 5 heteroatoms. The van der Waals surface area contributed by atoms with E-state index in [4.69, 9.17) is 0 Å². The minimum atomic E-state index is 0.784. The lowest BCUT2D eigenvalue weighted by Gasteiger charge is -2.06. The van der Waals surface area contributed by atoms with Crippen LogP contribution in [0.5, 0.6) is 0 Å². The first-order valence-electron chi connectivity index (χ1n) is 6.20. The Morgan fingerprint density at radius 3 is 2.82 bits per heavy atom. The molecule has 0 saturated carbocycles. The van der Waals surface area contributed by atoms with Crippen molar-refractivity contribution in [2.75, 3.05) is 11.9 Å². The molecule has 0 amide bonds. The topological polar surface area (TPSA) is 55.6 Å². The molecular weight excluding hydrogens is 214 g/mol. The normalized spacial score (nSPS) is 11.0. The summed E-state index contributed by atoms with van der Waals surface area (Å²) in [4.78, 5) is 8.89. The standard InChI is InChI=1S/C12H19N5/c1-4-6-7-17-12-10(8-14-17)11(13-5-2)15-9(3)16-12/h8H,4-7H2,1-3H3,(H,13,15,16). The van der Waals surface area contributed by atoms with Crippen LogP contribution in [-0.4, -0.2) is 26.3 Å². The number of rotatable bonds is 5. The van der Waals surface area contributed by atoms with Gasteiger partial charge >= 0.3 is 0 Å². The minimum Gasteiger partial charge on any atom is -0.370 e. The highest BCUT2D eigenvalue weighted by Crippen LogP contribution is 2.20. The molecule has 5 nitrogen and oxygen atoms in total. The highest BCUT2D eigenvalue weighted by Gasteiger charge is 2.10. The molecule has 0 atom stereocenters. The molecule has 2 heterocycles. The van der Waals surface area contributed by atoms with Crippen molar-refractivity contribution in [2.45, 2.75) is 40.2 Å². The maximum absolute atomic E-state index is 4.48. The second-order valence-corrected chi connectivity index (χ2v) is 4.11. The number of unbranched alkanes of at least 4 members (excludes halogenated alkanes) is 1. The summed E-state index contributed by atoms with van der Waals surface area (Å²) in [6, 6.07) is 0. The summed E-state index contributed by atoms with van der Waals surface area (Å²) in [7, 11) is 0. The van der Waals surface area contributed by atoms with Gasteiger partial charge in [0.2, 0.25) is 0 Å². The van der Waals surface area contributed by atoms with Crippen LogP contribution in [0.15, 0.2) is 6.20 Å². The van der Waals surface area contributed by atoms with Gasteiger partial charge in [-0.05, 0) is 20.3 Å². The molecule has 0 saturated heterocycles. The van der Waals surface area contributed by atoms with Gasteiger partial charge in [-0.1, -0.05) is 13.3 Å². The molecule has 0 aromatic carbocycles. The van der Waals surface area contributed by atoms with Crippen molar-refractivity contribution in [3.8, 4) is 0 Å². The Bertz CT molecular complexity index is 503. The van der Waals surface area contributed by atoms with E-state index in [-0.39, 0.29) is 0 Å². The van der Waals surface area contributed by atoms with E-state index in [9.17, 15) is 0 Å². The number of aromatic nitrogens is 4. The first kappa shape index (κ1) is 11.8. The maximum Gasteiger partial charge on any atom is 0.163 e. The number of fused-ring (bicyclic) bond motifs is 1. The van der Waals surface area contributed by atoms with Crippen molar-refractivity contribution in [1.82, 2.24) is 19.7 Å². The zero-order valence-electron chi connectivity index (χ0n) is 10.7. The quantitative estimate of drug-likeness (QED) is 0.861. The highest BCUT2D eigenvalue weighted by molar-refractivity contribution is 5.86. The minimum absolute atomic E-state index is 0.784. The molecule has 0 spiro atoms. The Hall–Kier alpha value is -1.65. The predicted octanol–water partition coefficient (Wildman–Crippen LogP) is 2.37. The van der Waals surface area contributed by atoms with E-state index >= 15 is 0 Å². The van der Waals surface area contributed by atoms with Gasteiger partial charge in [0.25, 0.3) is 0 Å². The third-order valence-electron chi connectivity index (χ3n) is 2.68. The van der Waals surface area contributed by atoms with Gasteiger partial charge in [-0.25, -0.2) is 14.6 Å². The van der Waals surface area contributed by atoms with Gasteiger partial charge < -0.3 is 5.32 Å². The van der Waals surface area contributed by atoms with Crippen LogP contribution in [0.3, 0.4) is 0 Å². The van der Waals surface area contributed by atoms with Gasteiger partial charge in [0, 0.05) is 13.1 Å². The molecule has 0 aliphatic heterocycles. The van der Waals surface area contributed by atoms with Crippen molar-refractivity contribution in [2.24, 2.45) is 0 Å². The lowest BCUT2D eigenvalue weighted by molar-refractivity contribution is 0.583. The van der Waals surface area contributed by atoms with Crippen molar-refractivity contribution in [1.29, 1.82) is 0 Å². The lowest BCUT2D eigenvalue weighted by atomic mass is 10.3. The summed E-state index contributed by atoms with van der Waals surface area (Å²) in [5.41, 5.74) is 0.932. The fourth-order valence-electron chi connectivity index (χ4n) is 1.84. The smallest absolute Gasteiger partial charge is 0.163 e. The fourth-order valence-corrected chi connectivity index (χ4v) is 1.84. The Labute approximate surface area is 101 Å². The maximum atomic E-state index is 4.48. The van der Waals surface area contributed by atoms with Gasteiger partial charge in [0.15, 0.2) is 5.65 Å². The molecule has 1 N–H and O–H groups in total. The van der Waals surface area contributed by atoms with E-state index in [1.807, 2.05) is 17.8 Å². The molecule has 0 fully saturated rings. The average molecular weight is 233 g/mol. The highest BCUT2D eigenvalue weighted by atomic mass is 15.3. The second kappa shape index (κ2) is 5.12. The van der Waals surface area contributed by atoms with Crippen LogP contribution in [0.2, 0.25) is 0 Å². The fraction of sp³-hybridized carbons (Fsp3) is 0.583. The summed E-state index contributed by atoms with van der Waals surface area (Å²) >= 11 is 0. The van der Waals surface area contributed by atoms with Crippen LogP contribution in [0.1, 0.15) is 32.5 Å². The van der Waals surface area contributed by atoms with Crippen molar-refractivity contribution in [3.05, 3.63) is 12.0 Å². The van der Waals surface area contributed by atoms with Crippen molar-refractivity contribution >= 4 is 16.9 Å². The van der Waals surface area contributed by atoms with Crippen molar-refractivity contribution in [3.63, 3.8) is 0 Å². The number of anilines is 1. The van der Waals surface area contributed by atoms with Crippen molar-refractivity contribution < 1.29 is 0 Å². The zero-order valence-corrected chi connectivity index (χ0v) is 10.7. The number of nitrogens with one attached hydrogen (secondary N) is 1. The molecule has 17 heavy (non-hydrogen) atoms. The number of hydrogen-bond acceptors (Lipinski definition) is 4. The SMILES string of the molecule is CCCCn1ncc2c(NCC)nc(C)nc21. The van der Waals surface area contributed by atoms with Crippen LogP contribution in [0.25, 0.3) is 11.0 Å². The van der Waals surface area contributed by atoms with Gasteiger partial charge in [-0.3, -0.25) is 0 Å². The molecule has 0 aliphatic carbocycles. The molecule has 92 valence electrons. The molecule has 2 rings (SSSR count). The number of hydrogen-bond donors (Lipinski definition) is 1. The zero-order chi connectivity index (χ0) is 12.3. The van der Waals surface area contributed by atoms with Crippen LogP contribution < -0.4 is 5.32 Å². The summed E-state index contributed by atoms with van der Waals surface area (Å²) in [5.74, 6) is 1.67. The van der Waals surface area contributed by atoms with Crippen LogP contribution in [-0.2, 0) is 6.54 Å². The van der Waals surface area contributed by atoms with Gasteiger partial charge in [-0.2, -0.15) is 5.10 Å². The Balaban J connectivity index is 2.45. The molecule has 0 bridgehead atoms. The second-order valence-electron chi connectivity index (χ2n) is 4.11. The van der Waals surface area contributed by atoms with Gasteiger partial charge in [0.1, 0.15) is 11.6 Å². The summed E-state index contributed by atoms with van der Waals surface area (Å²) < 4.78 is 1.97. The van der Waals surface area contributed by atoms with E-state index in [0.717, 1.165) is 48.6 Å². The van der Waals surface area contributed by atoms with Crippen LogP contribution in [0.4, 0.5) is 5.82 Å². The molecular formula is C12H19N5. The number of aryl methyl sites for hydroxylation is 2. The molecule has 0 radical (unpaired) electrons. The predicted molar refractivity (Wildman–Crippen MR) is 69.1 cm³/mol. The Morgan fingerprint density at radius 2 is 2.12 bits per heavy atom. The first-order valence-corrected chi connectivity index (χ1v) is 6.20. The van der Waals surface area contributed by atoms with E-state index in [2.05, 4.69) is 34.2 Å². The van der Waals surface area contributed by atoms with Gasteiger partial charge in [0.05, 0.1) is 11.6 Å². The third-order valence-corrected chi connectivity index (χ3v) is 2.68. The monoisotopic (exact) mass is 233 g/mol. The molecule has 0 unspecified atom stereocenters. The largest absolute Gasteiger partial charge is 0.370 e. The Morgan fingerprint density at radius 1 is 1.29 bits per heavy atom. The lowest BCUT2D eigenvalue weighted by Crippen LogP contribution is -2.05. The summed E-state index contributed by atoms with van der Waals surface area (Å²) in [6.45, 7) is 7.92. The van der Waals surface area contributed by atoms with E-state index in [0.29, 0.717) is 0 Å². The summed E-state index contributed by atoms with van der Waals surface area (Å²) in [5, 5.41) is 8.66. The molecule has 2 aromatic heterocycles. The van der Waals surface area contributed by atoms with E-state index < -0.39 is 0 Å². The molecule has 0 aliphatic rings. The summed E-state index contributed by atoms with van der Waals surface area (Å²) in [6.07, 6.45) is 4.13. The van der Waals surface area contributed by atoms with E-state index in [1.165, 1.54) is 0 Å². The first-order chi connectivity index (χ1) is 8.26. The van der Waals surface area contributed by atoms with E-state index in [1.54, 1.807) is 0 Å². The average Bonchev–Trinajstić information content (AvgIpc) is 2.70. The van der Waals surface area contributed by atoms with Gasteiger partial charge in [-0.15, -0.1) is 0 Å². The number of nitrogens with zero attached hydrogens (tertiary/aromatic N) is 4. The van der Waals surface area contributed by atoms with Crippen LogP contribution >= 0.6 is 0 Å². The van der Waals surface area contributed by atoms with Crippen LogP contribution in [0, 0.1) is 6.92 Å². The third kappa shape index (κ3) is 2.38.